The number of rotatable bonds is 7. The molecule has 19 heavy (non-hydrogen) atoms. The zero-order valence-electron chi connectivity index (χ0n) is 12.8. The molecule has 1 nitrogen and oxygen atoms in total. The lowest BCUT2D eigenvalue weighted by molar-refractivity contribution is 0.325. The number of anilines is 1. The van der Waals surface area contributed by atoms with E-state index in [2.05, 4.69) is 50.4 Å². The fourth-order valence-electron chi connectivity index (χ4n) is 3.91. The fourth-order valence-corrected chi connectivity index (χ4v) is 3.91. The van der Waals surface area contributed by atoms with Gasteiger partial charge in [0.05, 0.1) is 0 Å². The molecule has 1 aromatic carbocycles. The SMILES string of the molecule is CCCCCC1(CCC)Nc2ccccc2[C@H]1CC. The minimum atomic E-state index is 0.322. The largest absolute Gasteiger partial charge is 0.379 e. The average molecular weight is 259 g/mol. The third-order valence-corrected chi connectivity index (χ3v) is 4.72. The van der Waals surface area contributed by atoms with E-state index < -0.39 is 0 Å². The van der Waals surface area contributed by atoms with E-state index in [1.807, 2.05) is 0 Å². The summed E-state index contributed by atoms with van der Waals surface area (Å²) in [6.45, 7) is 6.96. The van der Waals surface area contributed by atoms with Gasteiger partial charge in [0, 0.05) is 17.1 Å². The topological polar surface area (TPSA) is 12.0 Å². The molecule has 0 amide bonds. The summed E-state index contributed by atoms with van der Waals surface area (Å²) in [5.41, 5.74) is 3.26. The molecule has 0 spiro atoms. The Morgan fingerprint density at radius 2 is 1.79 bits per heavy atom. The van der Waals surface area contributed by atoms with Crippen LogP contribution in [0.2, 0.25) is 0 Å². The highest BCUT2D eigenvalue weighted by Gasteiger charge is 2.43. The smallest absolute Gasteiger partial charge is 0.0442 e. The summed E-state index contributed by atoms with van der Waals surface area (Å²) in [6.07, 6.45) is 9.16. The average Bonchev–Trinajstić information content (AvgIpc) is 2.72. The van der Waals surface area contributed by atoms with E-state index in [1.54, 1.807) is 5.56 Å². The van der Waals surface area contributed by atoms with Gasteiger partial charge in [0.15, 0.2) is 0 Å². The zero-order valence-corrected chi connectivity index (χ0v) is 12.8. The van der Waals surface area contributed by atoms with E-state index in [0.29, 0.717) is 11.5 Å². The van der Waals surface area contributed by atoms with Crippen LogP contribution in [-0.2, 0) is 0 Å². The lowest BCUT2D eigenvalue weighted by atomic mass is 9.75. The van der Waals surface area contributed by atoms with Crippen LogP contribution in [0.5, 0.6) is 0 Å². The highest BCUT2D eigenvalue weighted by atomic mass is 15.0. The molecular weight excluding hydrogens is 230 g/mol. The summed E-state index contributed by atoms with van der Waals surface area (Å²) >= 11 is 0. The van der Waals surface area contributed by atoms with E-state index in [9.17, 15) is 0 Å². The van der Waals surface area contributed by atoms with Crippen LogP contribution in [0.25, 0.3) is 0 Å². The summed E-state index contributed by atoms with van der Waals surface area (Å²) in [6, 6.07) is 8.94. The van der Waals surface area contributed by atoms with Crippen LogP contribution in [0.15, 0.2) is 24.3 Å². The van der Waals surface area contributed by atoms with Gasteiger partial charge in [-0.1, -0.05) is 64.7 Å². The van der Waals surface area contributed by atoms with Crippen LogP contribution in [0.1, 0.15) is 77.2 Å². The molecule has 1 heteroatoms. The van der Waals surface area contributed by atoms with E-state index in [4.69, 9.17) is 0 Å². The highest BCUT2D eigenvalue weighted by molar-refractivity contribution is 5.61. The summed E-state index contributed by atoms with van der Waals surface area (Å²) in [5.74, 6) is 0.695. The van der Waals surface area contributed by atoms with Gasteiger partial charge in [-0.25, -0.2) is 0 Å². The first-order valence-corrected chi connectivity index (χ1v) is 8.14. The van der Waals surface area contributed by atoms with Crippen molar-refractivity contribution >= 4 is 5.69 Å². The first-order valence-electron chi connectivity index (χ1n) is 8.14. The summed E-state index contributed by atoms with van der Waals surface area (Å²) in [4.78, 5) is 0. The molecule has 1 heterocycles. The molecule has 0 aromatic heterocycles. The minimum absolute atomic E-state index is 0.322. The number of benzene rings is 1. The first kappa shape index (κ1) is 14.4. The molecule has 1 aromatic rings. The maximum Gasteiger partial charge on any atom is 0.0442 e. The van der Waals surface area contributed by atoms with Crippen molar-refractivity contribution in [1.82, 2.24) is 0 Å². The monoisotopic (exact) mass is 259 g/mol. The van der Waals surface area contributed by atoms with E-state index in [-0.39, 0.29) is 0 Å². The molecule has 0 saturated carbocycles. The van der Waals surface area contributed by atoms with E-state index in [1.165, 1.54) is 50.6 Å². The lowest BCUT2D eigenvalue weighted by Gasteiger charge is -2.36. The van der Waals surface area contributed by atoms with Crippen LogP contribution in [0.4, 0.5) is 5.69 Å². The Morgan fingerprint density at radius 3 is 2.47 bits per heavy atom. The molecule has 1 aliphatic rings. The van der Waals surface area contributed by atoms with Crippen molar-refractivity contribution in [2.24, 2.45) is 0 Å². The second-order valence-electron chi connectivity index (χ2n) is 6.04. The molecule has 2 rings (SSSR count). The summed E-state index contributed by atoms with van der Waals surface area (Å²) in [5, 5.41) is 3.91. The van der Waals surface area contributed by atoms with Crippen molar-refractivity contribution in [2.45, 2.75) is 77.2 Å². The highest BCUT2D eigenvalue weighted by Crippen LogP contribution is 2.49. The molecule has 1 aliphatic heterocycles. The van der Waals surface area contributed by atoms with Gasteiger partial charge in [-0.05, 0) is 30.9 Å². The van der Waals surface area contributed by atoms with Crippen molar-refractivity contribution in [3.8, 4) is 0 Å². The molecule has 0 saturated heterocycles. The van der Waals surface area contributed by atoms with Crippen LogP contribution >= 0.6 is 0 Å². The molecule has 0 aliphatic carbocycles. The number of fused-ring (bicyclic) bond motifs is 1. The van der Waals surface area contributed by atoms with Gasteiger partial charge in [0.1, 0.15) is 0 Å². The van der Waals surface area contributed by atoms with Gasteiger partial charge in [0.25, 0.3) is 0 Å². The fraction of sp³-hybridized carbons (Fsp3) is 0.667. The van der Waals surface area contributed by atoms with Gasteiger partial charge in [-0.3, -0.25) is 0 Å². The maximum absolute atomic E-state index is 3.91. The molecule has 0 radical (unpaired) electrons. The second kappa shape index (κ2) is 6.45. The van der Waals surface area contributed by atoms with Crippen LogP contribution in [-0.4, -0.2) is 5.54 Å². The Bertz CT molecular complexity index is 398. The summed E-state index contributed by atoms with van der Waals surface area (Å²) < 4.78 is 0. The zero-order chi connectivity index (χ0) is 13.7. The maximum atomic E-state index is 3.91. The number of hydrogen-bond donors (Lipinski definition) is 1. The van der Waals surface area contributed by atoms with E-state index >= 15 is 0 Å². The number of hydrogen-bond acceptors (Lipinski definition) is 1. The standard InChI is InChI=1S/C18H29N/c1-4-7-10-14-18(13-5-2)16(6-3)15-11-8-9-12-17(15)19-18/h8-9,11-12,16,19H,4-7,10,13-14H2,1-3H3/t16-,18?/m1/s1. The summed E-state index contributed by atoms with van der Waals surface area (Å²) in [7, 11) is 0. The molecular formula is C18H29N. The number of para-hydroxylation sites is 1. The third kappa shape index (κ3) is 2.80. The Balaban J connectivity index is 2.23. The predicted molar refractivity (Wildman–Crippen MR) is 84.9 cm³/mol. The van der Waals surface area contributed by atoms with Gasteiger partial charge < -0.3 is 5.32 Å². The molecule has 1 unspecified atom stereocenters. The van der Waals surface area contributed by atoms with Crippen molar-refractivity contribution in [2.75, 3.05) is 5.32 Å². The molecule has 0 bridgehead atoms. The van der Waals surface area contributed by atoms with Crippen molar-refractivity contribution in [3.05, 3.63) is 29.8 Å². The Kier molecular flexibility index (Phi) is 4.90. The van der Waals surface area contributed by atoms with Crippen LogP contribution in [0, 0.1) is 0 Å². The molecule has 2 atom stereocenters. The normalized spacial score (nSPS) is 25.1. The lowest BCUT2D eigenvalue weighted by Crippen LogP contribution is -2.39. The van der Waals surface area contributed by atoms with Crippen LogP contribution < -0.4 is 5.32 Å². The molecule has 0 fully saturated rings. The Morgan fingerprint density at radius 1 is 1.00 bits per heavy atom. The van der Waals surface area contributed by atoms with Crippen molar-refractivity contribution < 1.29 is 0 Å². The van der Waals surface area contributed by atoms with Gasteiger partial charge in [-0.15, -0.1) is 0 Å². The Labute approximate surface area is 118 Å². The van der Waals surface area contributed by atoms with Crippen molar-refractivity contribution in [3.63, 3.8) is 0 Å². The van der Waals surface area contributed by atoms with Gasteiger partial charge >= 0.3 is 0 Å². The molecule has 1 N–H and O–H groups in total. The van der Waals surface area contributed by atoms with E-state index in [0.717, 1.165) is 0 Å². The Hall–Kier alpha value is -0.980. The quantitative estimate of drug-likeness (QED) is 0.617. The third-order valence-electron chi connectivity index (χ3n) is 4.72. The predicted octanol–water partition coefficient (Wildman–Crippen LogP) is 5.72. The van der Waals surface area contributed by atoms with Crippen molar-refractivity contribution in [1.29, 1.82) is 0 Å². The second-order valence-corrected chi connectivity index (χ2v) is 6.04. The van der Waals surface area contributed by atoms with Crippen LogP contribution in [0.3, 0.4) is 0 Å². The minimum Gasteiger partial charge on any atom is -0.379 e. The number of nitrogens with one attached hydrogen (secondary N) is 1. The van der Waals surface area contributed by atoms with Gasteiger partial charge in [0.2, 0.25) is 0 Å². The first-order chi connectivity index (χ1) is 9.27. The number of unbranched alkanes of at least 4 members (excludes halogenated alkanes) is 2. The van der Waals surface area contributed by atoms with Gasteiger partial charge in [-0.2, -0.15) is 0 Å². The molecule has 106 valence electrons.